The molecule has 9 nitrogen and oxygen atoms in total. The highest BCUT2D eigenvalue weighted by molar-refractivity contribution is 6.02. The molecule has 3 aromatic heterocycles. The summed E-state index contributed by atoms with van der Waals surface area (Å²) in [6.07, 6.45) is 1.34. The van der Waals surface area contributed by atoms with Gasteiger partial charge in [-0.1, -0.05) is 0 Å². The maximum absolute atomic E-state index is 11.9. The zero-order chi connectivity index (χ0) is 15.7. The molecular weight excluding hydrogens is 284 g/mol. The van der Waals surface area contributed by atoms with Gasteiger partial charge >= 0.3 is 0 Å². The number of aromatic amines is 1. The van der Waals surface area contributed by atoms with Crippen molar-refractivity contribution in [3.63, 3.8) is 0 Å². The lowest BCUT2D eigenvalue weighted by Crippen LogP contribution is -2.13. The molecule has 0 saturated carbocycles. The van der Waals surface area contributed by atoms with Crippen LogP contribution in [0.2, 0.25) is 0 Å². The molecule has 9 heteroatoms. The minimum Gasteiger partial charge on any atom is -0.304 e. The molecule has 0 saturated heterocycles. The molecule has 112 valence electrons. The highest BCUT2D eigenvalue weighted by Gasteiger charge is 2.14. The van der Waals surface area contributed by atoms with Crippen molar-refractivity contribution < 1.29 is 4.79 Å². The summed E-state index contributed by atoms with van der Waals surface area (Å²) in [6.45, 7) is 5.65. The lowest BCUT2D eigenvalue weighted by atomic mass is 10.3. The molecule has 0 bridgehead atoms. The zero-order valence-corrected chi connectivity index (χ0v) is 12.3. The van der Waals surface area contributed by atoms with Crippen LogP contribution >= 0.6 is 0 Å². The number of nitrogens with zero attached hydrogens (tertiary/aromatic N) is 6. The smallest absolute Gasteiger partial charge is 0.279 e. The van der Waals surface area contributed by atoms with Gasteiger partial charge in [0.2, 0.25) is 0 Å². The Morgan fingerprint density at radius 2 is 1.91 bits per heavy atom. The molecule has 0 unspecified atom stereocenters. The van der Waals surface area contributed by atoms with E-state index in [2.05, 4.69) is 35.8 Å². The maximum atomic E-state index is 11.9. The molecule has 0 aliphatic carbocycles. The van der Waals surface area contributed by atoms with Crippen LogP contribution in [0.1, 0.15) is 27.6 Å². The van der Waals surface area contributed by atoms with Gasteiger partial charge in [0.1, 0.15) is 0 Å². The van der Waals surface area contributed by atoms with E-state index in [0.29, 0.717) is 11.8 Å². The Morgan fingerprint density at radius 1 is 1.18 bits per heavy atom. The fourth-order valence-electron chi connectivity index (χ4n) is 2.03. The normalized spacial score (nSPS) is 10.7. The minimum atomic E-state index is -0.389. The van der Waals surface area contributed by atoms with Crippen molar-refractivity contribution in [2.45, 2.75) is 20.8 Å². The molecule has 0 aliphatic heterocycles. The molecule has 0 radical (unpaired) electrons. The van der Waals surface area contributed by atoms with Crippen LogP contribution in [0.25, 0.3) is 5.95 Å². The Bertz CT molecular complexity index is 800. The van der Waals surface area contributed by atoms with E-state index in [1.165, 1.54) is 6.20 Å². The van der Waals surface area contributed by atoms with Gasteiger partial charge in [0.25, 0.3) is 11.9 Å². The van der Waals surface area contributed by atoms with Gasteiger partial charge in [-0.2, -0.15) is 15.4 Å². The Hall–Kier alpha value is -3.10. The second-order valence-electron chi connectivity index (χ2n) is 4.84. The van der Waals surface area contributed by atoms with Crippen molar-refractivity contribution in [3.05, 3.63) is 41.1 Å². The predicted octanol–water partition coefficient (Wildman–Crippen LogP) is 0.958. The quantitative estimate of drug-likeness (QED) is 0.744. The molecule has 0 atom stereocenters. The summed E-state index contributed by atoms with van der Waals surface area (Å²) < 4.78 is 1.58. The summed E-state index contributed by atoms with van der Waals surface area (Å²) in [7, 11) is 0. The van der Waals surface area contributed by atoms with E-state index in [4.69, 9.17) is 0 Å². The third kappa shape index (κ3) is 2.68. The van der Waals surface area contributed by atoms with Gasteiger partial charge in [-0.3, -0.25) is 4.79 Å². The van der Waals surface area contributed by atoms with Crippen LogP contribution in [-0.2, 0) is 0 Å². The first-order valence-corrected chi connectivity index (χ1v) is 6.59. The largest absolute Gasteiger partial charge is 0.304 e. The van der Waals surface area contributed by atoms with Crippen LogP contribution in [0, 0.1) is 20.8 Å². The van der Waals surface area contributed by atoms with Gasteiger partial charge in [-0.05, 0) is 26.8 Å². The van der Waals surface area contributed by atoms with Crippen molar-refractivity contribution in [3.8, 4) is 5.95 Å². The van der Waals surface area contributed by atoms with Crippen LogP contribution in [0.4, 0.5) is 5.82 Å². The number of aryl methyl sites for hydroxylation is 3. The summed E-state index contributed by atoms with van der Waals surface area (Å²) in [6, 6.07) is 3.62. The molecule has 3 heterocycles. The minimum absolute atomic E-state index is 0.190. The molecule has 0 spiro atoms. The van der Waals surface area contributed by atoms with E-state index in [9.17, 15) is 4.79 Å². The monoisotopic (exact) mass is 298 g/mol. The molecular formula is C13H14N8O. The van der Waals surface area contributed by atoms with Gasteiger partial charge in [0.15, 0.2) is 11.5 Å². The number of aromatic nitrogens is 7. The van der Waals surface area contributed by atoms with Gasteiger partial charge in [-0.25, -0.2) is 14.6 Å². The SMILES string of the molecule is Cc1cc(C)nc(-n2nc(NC(=O)c3cn[nH]n3)cc2C)n1. The Balaban J connectivity index is 1.89. The summed E-state index contributed by atoms with van der Waals surface area (Å²) >= 11 is 0. The second-order valence-corrected chi connectivity index (χ2v) is 4.84. The number of nitrogens with one attached hydrogen (secondary N) is 2. The van der Waals surface area contributed by atoms with Gasteiger partial charge < -0.3 is 5.32 Å². The molecule has 2 N–H and O–H groups in total. The van der Waals surface area contributed by atoms with Crippen molar-refractivity contribution >= 4 is 11.7 Å². The van der Waals surface area contributed by atoms with Gasteiger partial charge in [-0.15, -0.1) is 5.10 Å². The van der Waals surface area contributed by atoms with Gasteiger partial charge in [0, 0.05) is 23.1 Å². The lowest BCUT2D eigenvalue weighted by molar-refractivity contribution is 0.102. The van der Waals surface area contributed by atoms with Crippen LogP contribution in [0.5, 0.6) is 0 Å². The number of H-pyrrole nitrogens is 1. The summed E-state index contributed by atoms with van der Waals surface area (Å²) in [4.78, 5) is 20.6. The first-order valence-electron chi connectivity index (χ1n) is 6.59. The molecule has 3 rings (SSSR count). The Morgan fingerprint density at radius 3 is 2.55 bits per heavy atom. The fourth-order valence-corrected chi connectivity index (χ4v) is 2.03. The van der Waals surface area contributed by atoms with Gasteiger partial charge in [0.05, 0.1) is 6.20 Å². The lowest BCUT2D eigenvalue weighted by Gasteiger charge is -2.04. The molecule has 3 aromatic rings. The predicted molar refractivity (Wildman–Crippen MR) is 77.7 cm³/mol. The highest BCUT2D eigenvalue weighted by atomic mass is 16.2. The van der Waals surface area contributed by atoms with Crippen molar-refractivity contribution in [1.82, 2.24) is 35.2 Å². The highest BCUT2D eigenvalue weighted by Crippen LogP contribution is 2.13. The third-order valence-electron chi connectivity index (χ3n) is 2.94. The van der Waals surface area contributed by atoms with Crippen molar-refractivity contribution in [2.75, 3.05) is 5.32 Å². The number of carbonyl (C=O) groups is 1. The maximum Gasteiger partial charge on any atom is 0.279 e. The molecule has 0 fully saturated rings. The van der Waals surface area contributed by atoms with E-state index in [1.807, 2.05) is 26.8 Å². The van der Waals surface area contributed by atoms with Crippen LogP contribution in [-0.4, -0.2) is 41.1 Å². The molecule has 0 aromatic carbocycles. The van der Waals surface area contributed by atoms with Crippen molar-refractivity contribution in [2.24, 2.45) is 0 Å². The van der Waals surface area contributed by atoms with E-state index < -0.39 is 0 Å². The Labute approximate surface area is 125 Å². The zero-order valence-electron chi connectivity index (χ0n) is 12.3. The number of rotatable bonds is 3. The first-order chi connectivity index (χ1) is 10.5. The van der Waals surface area contributed by atoms with Crippen molar-refractivity contribution in [1.29, 1.82) is 0 Å². The summed E-state index contributed by atoms with van der Waals surface area (Å²) in [5.74, 6) is 0.477. The molecule has 0 aliphatic rings. The number of hydrogen-bond acceptors (Lipinski definition) is 6. The number of carbonyl (C=O) groups excluding carboxylic acids is 1. The van der Waals surface area contributed by atoms with E-state index in [0.717, 1.165) is 17.1 Å². The van der Waals surface area contributed by atoms with E-state index in [1.54, 1.807) is 10.7 Å². The summed E-state index contributed by atoms with van der Waals surface area (Å²) in [5.41, 5.74) is 2.70. The topological polar surface area (TPSA) is 114 Å². The first kappa shape index (κ1) is 13.9. The summed E-state index contributed by atoms with van der Waals surface area (Å²) in [5, 5.41) is 16.7. The number of anilines is 1. The average molecular weight is 298 g/mol. The number of amides is 1. The van der Waals surface area contributed by atoms with E-state index >= 15 is 0 Å². The Kier molecular flexibility index (Phi) is 3.37. The standard InChI is InChI=1S/C13H14N8O/c1-7-4-8(2)16-13(15-7)21-9(3)5-11(19-21)17-12(22)10-6-14-20-18-10/h4-6H,1-3H3,(H,14,18,20)(H,17,19,22). The third-order valence-corrected chi connectivity index (χ3v) is 2.94. The van der Waals surface area contributed by atoms with E-state index in [-0.39, 0.29) is 11.6 Å². The molecule has 22 heavy (non-hydrogen) atoms. The van der Waals surface area contributed by atoms with Crippen LogP contribution in [0.3, 0.4) is 0 Å². The van der Waals surface area contributed by atoms with Crippen LogP contribution < -0.4 is 5.32 Å². The molecule has 1 amide bonds. The average Bonchev–Trinajstić information content (AvgIpc) is 3.07. The second kappa shape index (κ2) is 5.35. The fraction of sp³-hybridized carbons (Fsp3) is 0.231. The number of hydrogen-bond donors (Lipinski definition) is 2. The van der Waals surface area contributed by atoms with Crippen LogP contribution in [0.15, 0.2) is 18.3 Å².